The molecule has 2 nitrogen and oxygen atoms in total. The first-order valence-electron chi connectivity index (χ1n) is 7.67. The summed E-state index contributed by atoms with van der Waals surface area (Å²) in [5, 5.41) is 0. The van der Waals surface area contributed by atoms with Crippen molar-refractivity contribution in [2.24, 2.45) is 5.92 Å². The van der Waals surface area contributed by atoms with E-state index in [4.69, 9.17) is 11.6 Å². The maximum Gasteiger partial charge on any atom is 0.233 e. The van der Waals surface area contributed by atoms with Crippen LogP contribution >= 0.6 is 11.6 Å². The number of nitrogens with zero attached hydrogens (tertiary/aromatic N) is 1. The predicted molar refractivity (Wildman–Crippen MR) is 82.0 cm³/mol. The third kappa shape index (κ3) is 2.58. The first-order valence-corrected chi connectivity index (χ1v) is 8.20. The number of likely N-dealkylation sites (tertiary alicyclic amines) is 1. The SMILES string of the molecule is O=C(N1CCCC(CCCl)C1)C1(c2ccccc2)CC1. The van der Waals surface area contributed by atoms with E-state index >= 15 is 0 Å². The molecule has 1 aromatic rings. The summed E-state index contributed by atoms with van der Waals surface area (Å²) in [6.45, 7) is 1.83. The van der Waals surface area contributed by atoms with Crippen LogP contribution in [0.5, 0.6) is 0 Å². The maximum atomic E-state index is 12.9. The van der Waals surface area contributed by atoms with Gasteiger partial charge in [-0.3, -0.25) is 4.79 Å². The Morgan fingerprint density at radius 1 is 1.30 bits per heavy atom. The molecule has 1 aliphatic heterocycles. The van der Waals surface area contributed by atoms with Crippen molar-refractivity contribution in [1.82, 2.24) is 4.90 Å². The lowest BCUT2D eigenvalue weighted by molar-refractivity contribution is -0.135. The Hall–Kier alpha value is -1.02. The van der Waals surface area contributed by atoms with Crippen molar-refractivity contribution in [2.45, 2.75) is 37.5 Å². The van der Waals surface area contributed by atoms with Gasteiger partial charge in [0.1, 0.15) is 0 Å². The molecule has 1 aliphatic carbocycles. The molecule has 0 N–H and O–H groups in total. The molecular formula is C17H22ClNO. The normalized spacial score (nSPS) is 24.4. The second kappa shape index (κ2) is 5.77. The highest BCUT2D eigenvalue weighted by Crippen LogP contribution is 2.50. The summed E-state index contributed by atoms with van der Waals surface area (Å²) in [7, 11) is 0. The molecule has 3 rings (SSSR count). The third-order valence-corrected chi connectivity index (χ3v) is 5.03. The molecule has 0 radical (unpaired) electrons. The van der Waals surface area contributed by atoms with E-state index in [0.29, 0.717) is 17.7 Å². The van der Waals surface area contributed by atoms with Crippen molar-refractivity contribution in [3.63, 3.8) is 0 Å². The van der Waals surface area contributed by atoms with Crippen molar-refractivity contribution in [1.29, 1.82) is 0 Å². The summed E-state index contributed by atoms with van der Waals surface area (Å²) < 4.78 is 0. The first-order chi connectivity index (χ1) is 9.76. The zero-order valence-electron chi connectivity index (χ0n) is 11.9. The number of halogens is 1. The van der Waals surface area contributed by atoms with Gasteiger partial charge in [-0.1, -0.05) is 30.3 Å². The number of piperidine rings is 1. The monoisotopic (exact) mass is 291 g/mol. The number of benzene rings is 1. The predicted octanol–water partition coefficient (Wildman–Crippen LogP) is 3.59. The summed E-state index contributed by atoms with van der Waals surface area (Å²) in [6.07, 6.45) is 5.38. The van der Waals surface area contributed by atoms with Crippen molar-refractivity contribution < 1.29 is 4.79 Å². The topological polar surface area (TPSA) is 20.3 Å². The fourth-order valence-corrected chi connectivity index (χ4v) is 3.76. The van der Waals surface area contributed by atoms with Crippen LogP contribution in [0.3, 0.4) is 0 Å². The highest BCUT2D eigenvalue weighted by atomic mass is 35.5. The zero-order valence-corrected chi connectivity index (χ0v) is 12.6. The summed E-state index contributed by atoms with van der Waals surface area (Å²) in [5.74, 6) is 1.65. The standard InChI is InChI=1S/C17H22ClNO/c18-11-8-14-5-4-12-19(13-14)16(20)17(9-10-17)15-6-2-1-3-7-15/h1-3,6-7,14H,4-5,8-13H2. The summed E-state index contributed by atoms with van der Waals surface area (Å²) in [5.41, 5.74) is 0.994. The molecule has 3 heteroatoms. The average Bonchev–Trinajstić information content (AvgIpc) is 3.30. The van der Waals surface area contributed by atoms with E-state index in [0.717, 1.165) is 38.8 Å². The zero-order chi connectivity index (χ0) is 14.0. The Labute approximate surface area is 126 Å². The van der Waals surface area contributed by atoms with E-state index in [2.05, 4.69) is 17.0 Å². The minimum Gasteiger partial charge on any atom is -0.342 e. The fourth-order valence-electron chi connectivity index (χ4n) is 3.45. The van der Waals surface area contributed by atoms with Gasteiger partial charge in [0.05, 0.1) is 5.41 Å². The van der Waals surface area contributed by atoms with Crippen LogP contribution in [-0.2, 0) is 10.2 Å². The minimum absolute atomic E-state index is 0.204. The molecule has 1 aromatic carbocycles. The number of rotatable bonds is 4. The Bertz CT molecular complexity index is 467. The molecule has 0 bridgehead atoms. The van der Waals surface area contributed by atoms with Crippen LogP contribution < -0.4 is 0 Å². The first kappa shape index (κ1) is 13.9. The Morgan fingerprint density at radius 3 is 2.70 bits per heavy atom. The summed E-state index contributed by atoms with van der Waals surface area (Å²) in [6, 6.07) is 10.3. The molecular weight excluding hydrogens is 270 g/mol. The lowest BCUT2D eigenvalue weighted by atomic mass is 9.90. The van der Waals surface area contributed by atoms with E-state index in [-0.39, 0.29) is 5.41 Å². The molecule has 1 heterocycles. The highest BCUT2D eigenvalue weighted by molar-refractivity contribution is 6.17. The molecule has 1 saturated carbocycles. The summed E-state index contributed by atoms with van der Waals surface area (Å²) in [4.78, 5) is 15.0. The van der Waals surface area contributed by atoms with E-state index < -0.39 is 0 Å². The van der Waals surface area contributed by atoms with E-state index in [1.54, 1.807) is 0 Å². The van der Waals surface area contributed by atoms with Crippen LogP contribution in [0.15, 0.2) is 30.3 Å². The van der Waals surface area contributed by atoms with Crippen LogP contribution in [0, 0.1) is 5.92 Å². The minimum atomic E-state index is -0.204. The molecule has 0 spiro atoms. The van der Waals surface area contributed by atoms with Crippen LogP contribution in [0.4, 0.5) is 0 Å². The van der Waals surface area contributed by atoms with Gasteiger partial charge in [-0.15, -0.1) is 11.6 Å². The number of hydrogen-bond donors (Lipinski definition) is 0. The van der Waals surface area contributed by atoms with Crippen molar-refractivity contribution in [2.75, 3.05) is 19.0 Å². The third-order valence-electron chi connectivity index (χ3n) is 4.81. The quantitative estimate of drug-likeness (QED) is 0.777. The lowest BCUT2D eigenvalue weighted by Gasteiger charge is -2.35. The second-order valence-corrected chi connectivity index (χ2v) is 6.56. The average molecular weight is 292 g/mol. The van der Waals surface area contributed by atoms with Crippen LogP contribution in [0.25, 0.3) is 0 Å². The number of alkyl halides is 1. The van der Waals surface area contributed by atoms with Crippen molar-refractivity contribution in [3.05, 3.63) is 35.9 Å². The molecule has 108 valence electrons. The van der Waals surface area contributed by atoms with Gasteiger partial charge < -0.3 is 4.90 Å². The van der Waals surface area contributed by atoms with E-state index in [1.165, 1.54) is 12.0 Å². The Balaban J connectivity index is 1.72. The number of carbonyl (C=O) groups excluding carboxylic acids is 1. The van der Waals surface area contributed by atoms with Crippen molar-refractivity contribution >= 4 is 17.5 Å². The molecule has 2 aliphatic rings. The van der Waals surface area contributed by atoms with Gasteiger partial charge in [-0.25, -0.2) is 0 Å². The highest BCUT2D eigenvalue weighted by Gasteiger charge is 2.53. The lowest BCUT2D eigenvalue weighted by Crippen LogP contribution is -2.45. The molecule has 1 atom stereocenters. The van der Waals surface area contributed by atoms with Gasteiger partial charge in [0.25, 0.3) is 0 Å². The number of carbonyl (C=O) groups is 1. The van der Waals surface area contributed by atoms with Crippen LogP contribution in [-0.4, -0.2) is 29.8 Å². The van der Waals surface area contributed by atoms with Gasteiger partial charge in [0.15, 0.2) is 0 Å². The van der Waals surface area contributed by atoms with Crippen LogP contribution in [0.2, 0.25) is 0 Å². The Morgan fingerprint density at radius 2 is 2.05 bits per heavy atom. The van der Waals surface area contributed by atoms with Crippen LogP contribution in [0.1, 0.15) is 37.7 Å². The summed E-state index contributed by atoms with van der Waals surface area (Å²) >= 11 is 5.86. The molecule has 20 heavy (non-hydrogen) atoms. The number of amides is 1. The van der Waals surface area contributed by atoms with Gasteiger partial charge in [-0.05, 0) is 43.6 Å². The van der Waals surface area contributed by atoms with Gasteiger partial charge >= 0.3 is 0 Å². The maximum absolute atomic E-state index is 12.9. The fraction of sp³-hybridized carbons (Fsp3) is 0.588. The van der Waals surface area contributed by atoms with Gasteiger partial charge in [0, 0.05) is 19.0 Å². The largest absolute Gasteiger partial charge is 0.342 e. The Kier molecular flexibility index (Phi) is 4.02. The van der Waals surface area contributed by atoms with E-state index in [1.807, 2.05) is 18.2 Å². The molecule has 1 saturated heterocycles. The smallest absolute Gasteiger partial charge is 0.233 e. The molecule has 1 amide bonds. The number of hydrogen-bond acceptors (Lipinski definition) is 1. The molecule has 0 aromatic heterocycles. The second-order valence-electron chi connectivity index (χ2n) is 6.19. The molecule has 1 unspecified atom stereocenters. The van der Waals surface area contributed by atoms with Gasteiger partial charge in [0.2, 0.25) is 5.91 Å². The van der Waals surface area contributed by atoms with Crippen molar-refractivity contribution in [3.8, 4) is 0 Å². The van der Waals surface area contributed by atoms with E-state index in [9.17, 15) is 4.79 Å². The molecule has 2 fully saturated rings. The van der Waals surface area contributed by atoms with Gasteiger partial charge in [-0.2, -0.15) is 0 Å².